The summed E-state index contributed by atoms with van der Waals surface area (Å²) in [5.41, 5.74) is -0.540. The van der Waals surface area contributed by atoms with Gasteiger partial charge in [0.05, 0.1) is 5.56 Å². The Morgan fingerprint density at radius 3 is 2.75 bits per heavy atom. The van der Waals surface area contributed by atoms with E-state index in [1.807, 2.05) is 0 Å². The molecule has 0 atom stereocenters. The Morgan fingerprint density at radius 1 is 1.62 bits per heavy atom. The number of nitrogens with zero attached hydrogens (tertiary/aromatic N) is 2. The molecule has 0 spiro atoms. The molecule has 0 aromatic carbocycles. The molecule has 1 rings (SSSR count). The fourth-order valence-corrected chi connectivity index (χ4v) is 1.47. The van der Waals surface area contributed by atoms with Crippen LogP contribution in [0.5, 0.6) is 0 Å². The molecule has 6 heteroatoms. The maximum Gasteiger partial charge on any atom is 0.272 e. The molecule has 0 aliphatic rings. The normalized spacial score (nSPS) is 10.6. The number of rotatable bonds is 3. The predicted molar refractivity (Wildman–Crippen MR) is 59.5 cm³/mol. The highest BCUT2D eigenvalue weighted by molar-refractivity contribution is 9.10. The van der Waals surface area contributed by atoms with Crippen molar-refractivity contribution in [3.8, 4) is 0 Å². The molecule has 1 amide bonds. The summed E-state index contributed by atoms with van der Waals surface area (Å²) in [5.74, 6) is -0.495. The zero-order valence-electron chi connectivity index (χ0n) is 8.88. The van der Waals surface area contributed by atoms with Crippen LogP contribution in [0.1, 0.15) is 29.4 Å². The van der Waals surface area contributed by atoms with E-state index in [0.29, 0.717) is 11.0 Å². The molecule has 0 aliphatic heterocycles. The predicted octanol–water partition coefficient (Wildman–Crippen LogP) is 2.87. The number of hydrogen-bond acceptors (Lipinski definition) is 2. The van der Waals surface area contributed by atoms with Crippen molar-refractivity contribution in [1.29, 1.82) is 0 Å². The maximum absolute atomic E-state index is 12.7. The number of carbonyl (C=O) groups excluding carboxylic acids is 1. The summed E-state index contributed by atoms with van der Waals surface area (Å²) in [6.07, 6.45) is -1.38. The van der Waals surface area contributed by atoms with E-state index in [1.54, 1.807) is 14.0 Å². The van der Waals surface area contributed by atoms with Crippen molar-refractivity contribution in [3.63, 3.8) is 0 Å². The molecular weight excluding hydrogens is 282 g/mol. The van der Waals surface area contributed by atoms with Gasteiger partial charge in [-0.1, -0.05) is 0 Å². The smallest absolute Gasteiger partial charge is 0.272 e. The van der Waals surface area contributed by atoms with E-state index in [1.165, 1.54) is 17.2 Å². The second-order valence-corrected chi connectivity index (χ2v) is 4.13. The van der Waals surface area contributed by atoms with E-state index in [0.717, 1.165) is 0 Å². The third-order valence-corrected chi connectivity index (χ3v) is 2.58. The molecule has 0 fully saturated rings. The summed E-state index contributed by atoms with van der Waals surface area (Å²) in [6, 6.07) is 1.22. The minimum atomic E-state index is -2.71. The largest absolute Gasteiger partial charge is 0.341 e. The van der Waals surface area contributed by atoms with E-state index in [-0.39, 0.29) is 11.3 Å². The van der Waals surface area contributed by atoms with Gasteiger partial charge >= 0.3 is 0 Å². The highest BCUT2D eigenvalue weighted by Crippen LogP contribution is 2.25. The molecule has 1 heterocycles. The van der Waals surface area contributed by atoms with Crippen LogP contribution < -0.4 is 0 Å². The fraction of sp³-hybridized carbons (Fsp3) is 0.400. The van der Waals surface area contributed by atoms with Gasteiger partial charge in [0, 0.05) is 24.3 Å². The highest BCUT2D eigenvalue weighted by atomic mass is 79.9. The third kappa shape index (κ3) is 2.75. The van der Waals surface area contributed by atoms with Crippen LogP contribution in [0.4, 0.5) is 8.78 Å². The molecule has 0 saturated carbocycles. The van der Waals surface area contributed by atoms with Crippen molar-refractivity contribution < 1.29 is 13.6 Å². The SMILES string of the molecule is CCN(C)C(=O)c1ncc(Br)cc1C(F)F. The highest BCUT2D eigenvalue weighted by Gasteiger charge is 2.22. The Balaban J connectivity index is 3.17. The molecule has 0 bridgehead atoms. The summed E-state index contributed by atoms with van der Waals surface area (Å²) in [6.45, 7) is 2.21. The van der Waals surface area contributed by atoms with Gasteiger partial charge in [-0.2, -0.15) is 0 Å². The molecule has 88 valence electrons. The monoisotopic (exact) mass is 292 g/mol. The Hall–Kier alpha value is -1.04. The van der Waals surface area contributed by atoms with Crippen molar-refractivity contribution in [2.45, 2.75) is 13.3 Å². The molecule has 1 aromatic rings. The first kappa shape index (κ1) is 13.0. The van der Waals surface area contributed by atoms with E-state index in [9.17, 15) is 13.6 Å². The number of hydrogen-bond donors (Lipinski definition) is 0. The number of amides is 1. The van der Waals surface area contributed by atoms with Crippen molar-refractivity contribution in [2.75, 3.05) is 13.6 Å². The lowest BCUT2D eigenvalue weighted by Gasteiger charge is -2.16. The fourth-order valence-electron chi connectivity index (χ4n) is 1.12. The minimum Gasteiger partial charge on any atom is -0.341 e. The molecular formula is C10H11BrF2N2O. The first-order chi connectivity index (χ1) is 7.47. The van der Waals surface area contributed by atoms with Gasteiger partial charge in [0.1, 0.15) is 5.69 Å². The zero-order chi connectivity index (χ0) is 12.3. The number of carbonyl (C=O) groups is 1. The number of halogens is 3. The second kappa shape index (κ2) is 5.34. The van der Waals surface area contributed by atoms with Crippen molar-refractivity contribution >= 4 is 21.8 Å². The Morgan fingerprint density at radius 2 is 2.25 bits per heavy atom. The van der Waals surface area contributed by atoms with Gasteiger partial charge in [0.2, 0.25) is 0 Å². The van der Waals surface area contributed by atoms with Gasteiger partial charge in [-0.05, 0) is 28.9 Å². The van der Waals surface area contributed by atoms with Gasteiger partial charge in [0.25, 0.3) is 12.3 Å². The van der Waals surface area contributed by atoms with E-state index in [2.05, 4.69) is 20.9 Å². The van der Waals surface area contributed by atoms with Crippen LogP contribution in [-0.2, 0) is 0 Å². The lowest BCUT2D eigenvalue weighted by atomic mass is 10.2. The second-order valence-electron chi connectivity index (χ2n) is 3.21. The van der Waals surface area contributed by atoms with Crippen LogP contribution in [0.3, 0.4) is 0 Å². The lowest BCUT2D eigenvalue weighted by Crippen LogP contribution is -2.28. The average molecular weight is 293 g/mol. The topological polar surface area (TPSA) is 33.2 Å². The van der Waals surface area contributed by atoms with Crippen LogP contribution >= 0.6 is 15.9 Å². The van der Waals surface area contributed by atoms with Gasteiger partial charge in [-0.3, -0.25) is 4.79 Å². The summed E-state index contributed by atoms with van der Waals surface area (Å²) in [7, 11) is 1.54. The summed E-state index contributed by atoms with van der Waals surface area (Å²) < 4.78 is 25.8. The summed E-state index contributed by atoms with van der Waals surface area (Å²) >= 11 is 3.05. The Bertz CT molecular complexity index is 398. The van der Waals surface area contributed by atoms with Crippen LogP contribution in [0.25, 0.3) is 0 Å². The molecule has 0 radical (unpaired) electrons. The molecule has 0 aliphatic carbocycles. The molecule has 0 N–H and O–H groups in total. The molecule has 16 heavy (non-hydrogen) atoms. The summed E-state index contributed by atoms with van der Waals surface area (Å²) in [5, 5.41) is 0. The molecule has 0 unspecified atom stereocenters. The van der Waals surface area contributed by atoms with Gasteiger partial charge in [0.15, 0.2) is 0 Å². The summed E-state index contributed by atoms with van der Waals surface area (Å²) in [4.78, 5) is 16.8. The molecule has 1 aromatic heterocycles. The van der Waals surface area contributed by atoms with Crippen LogP contribution in [-0.4, -0.2) is 29.4 Å². The third-order valence-electron chi connectivity index (χ3n) is 2.14. The number of pyridine rings is 1. The average Bonchev–Trinajstić information content (AvgIpc) is 2.26. The van der Waals surface area contributed by atoms with Gasteiger partial charge in [-0.25, -0.2) is 13.8 Å². The van der Waals surface area contributed by atoms with Crippen LogP contribution in [0, 0.1) is 0 Å². The Kier molecular flexibility index (Phi) is 4.35. The van der Waals surface area contributed by atoms with Gasteiger partial charge in [-0.15, -0.1) is 0 Å². The van der Waals surface area contributed by atoms with E-state index >= 15 is 0 Å². The van der Waals surface area contributed by atoms with Crippen molar-refractivity contribution in [1.82, 2.24) is 9.88 Å². The van der Waals surface area contributed by atoms with Crippen LogP contribution in [0.15, 0.2) is 16.7 Å². The van der Waals surface area contributed by atoms with E-state index < -0.39 is 12.3 Å². The van der Waals surface area contributed by atoms with E-state index in [4.69, 9.17) is 0 Å². The quantitative estimate of drug-likeness (QED) is 0.858. The molecule has 0 saturated heterocycles. The first-order valence-corrected chi connectivity index (χ1v) is 5.45. The van der Waals surface area contributed by atoms with Crippen molar-refractivity contribution in [2.24, 2.45) is 0 Å². The standard InChI is InChI=1S/C10H11BrF2N2O/c1-3-15(2)10(16)8-7(9(12)13)4-6(11)5-14-8/h4-5,9H,3H2,1-2H3. The first-order valence-electron chi connectivity index (χ1n) is 4.66. The van der Waals surface area contributed by atoms with Crippen molar-refractivity contribution in [3.05, 3.63) is 28.0 Å². The number of alkyl halides is 2. The van der Waals surface area contributed by atoms with Crippen LogP contribution in [0.2, 0.25) is 0 Å². The number of aromatic nitrogens is 1. The Labute approximate surface area is 101 Å². The minimum absolute atomic E-state index is 0.192. The lowest BCUT2D eigenvalue weighted by molar-refractivity contribution is 0.0783. The zero-order valence-corrected chi connectivity index (χ0v) is 10.5. The van der Waals surface area contributed by atoms with Gasteiger partial charge < -0.3 is 4.90 Å². The maximum atomic E-state index is 12.7. The molecule has 3 nitrogen and oxygen atoms in total.